The molecule has 0 saturated heterocycles. The van der Waals surface area contributed by atoms with Gasteiger partial charge in [-0.3, -0.25) is 0 Å². The molecule has 0 aliphatic heterocycles. The van der Waals surface area contributed by atoms with Crippen LogP contribution in [0.2, 0.25) is 0 Å². The maximum Gasteiger partial charge on any atom is 0.422 e. The molecule has 0 nitrogen and oxygen atoms in total. The number of halogens is 6. The van der Waals surface area contributed by atoms with E-state index in [1.165, 1.54) is 6.07 Å². The van der Waals surface area contributed by atoms with Crippen molar-refractivity contribution in [3.8, 4) is 11.1 Å². The highest BCUT2D eigenvalue weighted by Gasteiger charge is 2.39. The molecule has 3 aromatic carbocycles. The van der Waals surface area contributed by atoms with E-state index in [-0.39, 0.29) is 5.39 Å². The Labute approximate surface area is 151 Å². The zero-order valence-electron chi connectivity index (χ0n) is 14.0. The molecular weight excluding hydrogens is 366 g/mol. The van der Waals surface area contributed by atoms with E-state index in [1.807, 2.05) is 12.1 Å². The molecule has 3 rings (SSSR count). The average molecular weight is 380 g/mol. The van der Waals surface area contributed by atoms with Gasteiger partial charge in [0.05, 0.1) is 5.39 Å². The van der Waals surface area contributed by atoms with Crippen LogP contribution in [-0.4, -0.2) is 0 Å². The first kappa shape index (κ1) is 19.0. The highest BCUT2D eigenvalue weighted by Crippen LogP contribution is 2.38. The lowest BCUT2D eigenvalue weighted by Crippen LogP contribution is -2.12. The van der Waals surface area contributed by atoms with E-state index in [9.17, 15) is 26.3 Å². The highest BCUT2D eigenvalue weighted by atomic mass is 19.4. The Balaban J connectivity index is 2.11. The molecule has 0 saturated carbocycles. The summed E-state index contributed by atoms with van der Waals surface area (Å²) in [6.45, 7) is 3.64. The lowest BCUT2D eigenvalue weighted by molar-refractivity contribution is -0.142. The van der Waals surface area contributed by atoms with Crippen molar-refractivity contribution < 1.29 is 26.3 Å². The Morgan fingerprint density at radius 3 is 2.11 bits per heavy atom. The third-order valence-electron chi connectivity index (χ3n) is 4.29. The van der Waals surface area contributed by atoms with Crippen LogP contribution in [-0.2, 0) is 12.6 Å². The van der Waals surface area contributed by atoms with Gasteiger partial charge in [-0.05, 0) is 53.1 Å². The van der Waals surface area contributed by atoms with Crippen molar-refractivity contribution in [3.63, 3.8) is 0 Å². The quantitative estimate of drug-likeness (QED) is 0.336. The standard InChI is InChI=1S/C21H14F6/c1-2-3-4-12-5-7-13(8-6-12)14-9-15-11-17(23)19(21(25,26)27)20(24)18(15)16(22)10-14/h2,5-11H,1,3-4H2. The second kappa shape index (κ2) is 7.10. The summed E-state index contributed by atoms with van der Waals surface area (Å²) in [7, 11) is 0. The molecule has 3 aromatic rings. The molecule has 0 fully saturated rings. The summed E-state index contributed by atoms with van der Waals surface area (Å²) in [5.41, 5.74) is -0.160. The summed E-state index contributed by atoms with van der Waals surface area (Å²) >= 11 is 0. The summed E-state index contributed by atoms with van der Waals surface area (Å²) in [6, 6.07) is 9.81. The number of alkyl halides is 3. The second-order valence-corrected chi connectivity index (χ2v) is 6.13. The van der Waals surface area contributed by atoms with E-state index >= 15 is 0 Å². The molecule has 0 radical (unpaired) electrons. The number of aryl methyl sites for hydroxylation is 1. The van der Waals surface area contributed by atoms with Crippen molar-refractivity contribution >= 4 is 10.8 Å². The zero-order valence-corrected chi connectivity index (χ0v) is 14.0. The first-order valence-corrected chi connectivity index (χ1v) is 8.11. The van der Waals surface area contributed by atoms with Crippen LogP contribution in [0.5, 0.6) is 0 Å². The summed E-state index contributed by atoms with van der Waals surface area (Å²) in [5, 5.41) is -1.15. The number of allylic oxidation sites excluding steroid dienone is 1. The van der Waals surface area contributed by atoms with Crippen LogP contribution in [0.1, 0.15) is 17.5 Å². The van der Waals surface area contributed by atoms with Crippen molar-refractivity contribution in [3.05, 3.63) is 83.7 Å². The predicted molar refractivity (Wildman–Crippen MR) is 92.8 cm³/mol. The van der Waals surface area contributed by atoms with Gasteiger partial charge >= 0.3 is 6.18 Å². The molecule has 0 spiro atoms. The molecule has 0 atom stereocenters. The van der Waals surface area contributed by atoms with Crippen LogP contribution >= 0.6 is 0 Å². The third-order valence-corrected chi connectivity index (χ3v) is 4.29. The number of rotatable bonds is 4. The number of hydrogen-bond acceptors (Lipinski definition) is 0. The van der Waals surface area contributed by atoms with Crippen molar-refractivity contribution in [2.24, 2.45) is 0 Å². The fraction of sp³-hybridized carbons (Fsp3) is 0.143. The monoisotopic (exact) mass is 380 g/mol. The highest BCUT2D eigenvalue weighted by molar-refractivity contribution is 5.89. The fourth-order valence-electron chi connectivity index (χ4n) is 2.97. The van der Waals surface area contributed by atoms with E-state index in [0.29, 0.717) is 17.2 Å². The smallest absolute Gasteiger partial charge is 0.206 e. The minimum atomic E-state index is -5.26. The van der Waals surface area contributed by atoms with Crippen molar-refractivity contribution in [1.29, 1.82) is 0 Å². The molecule has 0 aromatic heterocycles. The van der Waals surface area contributed by atoms with Gasteiger partial charge in [-0.15, -0.1) is 6.58 Å². The van der Waals surface area contributed by atoms with Gasteiger partial charge in [0.2, 0.25) is 0 Å². The molecule has 0 unspecified atom stereocenters. The Morgan fingerprint density at radius 2 is 1.52 bits per heavy atom. The van der Waals surface area contributed by atoms with E-state index < -0.39 is 34.6 Å². The number of fused-ring (bicyclic) bond motifs is 1. The second-order valence-electron chi connectivity index (χ2n) is 6.13. The zero-order chi connectivity index (χ0) is 19.8. The molecule has 0 bridgehead atoms. The fourth-order valence-corrected chi connectivity index (χ4v) is 2.97. The summed E-state index contributed by atoms with van der Waals surface area (Å²) in [4.78, 5) is 0. The molecule has 6 heteroatoms. The van der Waals surface area contributed by atoms with Gasteiger partial charge < -0.3 is 0 Å². The summed E-state index contributed by atoms with van der Waals surface area (Å²) in [5.74, 6) is -4.90. The van der Waals surface area contributed by atoms with Gasteiger partial charge in [0, 0.05) is 0 Å². The van der Waals surface area contributed by atoms with Gasteiger partial charge in [0.25, 0.3) is 0 Å². The number of benzene rings is 3. The summed E-state index contributed by atoms with van der Waals surface area (Å²) < 4.78 is 80.9. The maximum absolute atomic E-state index is 14.4. The summed E-state index contributed by atoms with van der Waals surface area (Å²) in [6.07, 6.45) is -1.89. The average Bonchev–Trinajstić information content (AvgIpc) is 2.58. The Bertz CT molecular complexity index is 1000. The van der Waals surface area contributed by atoms with Crippen molar-refractivity contribution in [1.82, 2.24) is 0 Å². The van der Waals surface area contributed by atoms with Gasteiger partial charge in [0.1, 0.15) is 23.0 Å². The minimum absolute atomic E-state index is 0.274. The minimum Gasteiger partial charge on any atom is -0.206 e. The molecule has 27 heavy (non-hydrogen) atoms. The van der Waals surface area contributed by atoms with Gasteiger partial charge in [-0.25, -0.2) is 13.2 Å². The predicted octanol–water partition coefficient (Wildman–Crippen LogP) is 7.06. The van der Waals surface area contributed by atoms with Crippen LogP contribution in [0.4, 0.5) is 26.3 Å². The van der Waals surface area contributed by atoms with Crippen LogP contribution in [0.15, 0.2) is 55.1 Å². The largest absolute Gasteiger partial charge is 0.422 e. The van der Waals surface area contributed by atoms with E-state index in [0.717, 1.165) is 24.5 Å². The molecule has 0 N–H and O–H groups in total. The van der Waals surface area contributed by atoms with Gasteiger partial charge in [-0.2, -0.15) is 13.2 Å². The molecule has 140 valence electrons. The molecule has 0 heterocycles. The Hall–Kier alpha value is -2.76. The molecular formula is C21H14F6. The molecule has 0 amide bonds. The molecule has 0 aliphatic rings. The van der Waals surface area contributed by atoms with E-state index in [4.69, 9.17) is 0 Å². The third kappa shape index (κ3) is 3.70. The molecule has 0 aliphatic carbocycles. The SMILES string of the molecule is C=CCCc1ccc(-c2cc(F)c3c(F)c(C(F)(F)F)c(F)cc3c2)cc1. The van der Waals surface area contributed by atoms with Gasteiger partial charge in [-0.1, -0.05) is 30.3 Å². The van der Waals surface area contributed by atoms with Gasteiger partial charge in [0.15, 0.2) is 0 Å². The van der Waals surface area contributed by atoms with Crippen LogP contribution in [0, 0.1) is 17.5 Å². The first-order valence-electron chi connectivity index (χ1n) is 8.11. The van der Waals surface area contributed by atoms with Crippen LogP contribution in [0.3, 0.4) is 0 Å². The lowest BCUT2D eigenvalue weighted by Gasteiger charge is -2.13. The first-order chi connectivity index (χ1) is 12.7. The topological polar surface area (TPSA) is 0 Å². The maximum atomic E-state index is 14.4. The van der Waals surface area contributed by atoms with E-state index in [2.05, 4.69) is 6.58 Å². The normalized spacial score (nSPS) is 11.8. The Morgan fingerprint density at radius 1 is 0.852 bits per heavy atom. The van der Waals surface area contributed by atoms with Crippen molar-refractivity contribution in [2.75, 3.05) is 0 Å². The van der Waals surface area contributed by atoms with E-state index in [1.54, 1.807) is 18.2 Å². The number of hydrogen-bond donors (Lipinski definition) is 0. The van der Waals surface area contributed by atoms with Crippen molar-refractivity contribution in [2.45, 2.75) is 19.0 Å². The Kier molecular flexibility index (Phi) is 5.00. The van der Waals surface area contributed by atoms with Crippen LogP contribution < -0.4 is 0 Å². The van der Waals surface area contributed by atoms with Crippen LogP contribution in [0.25, 0.3) is 21.9 Å². The lowest BCUT2D eigenvalue weighted by atomic mass is 9.97.